The van der Waals surface area contributed by atoms with E-state index >= 15 is 0 Å². The zero-order valence-corrected chi connectivity index (χ0v) is 9.73. The third-order valence-corrected chi connectivity index (χ3v) is 5.05. The fourth-order valence-electron chi connectivity index (χ4n) is 2.29. The average molecular weight is 251 g/mol. The third kappa shape index (κ3) is 1.68. The molecule has 2 rings (SSSR count). The molecule has 2 heterocycles. The van der Waals surface area contributed by atoms with Crippen molar-refractivity contribution < 1.29 is 4.74 Å². The minimum atomic E-state index is 0.470. The molecule has 0 amide bonds. The molecule has 2 fully saturated rings. The molecule has 2 aliphatic rings. The van der Waals surface area contributed by atoms with E-state index in [0.29, 0.717) is 10.9 Å². The van der Waals surface area contributed by atoms with Gasteiger partial charge in [-0.15, -0.1) is 0 Å². The van der Waals surface area contributed by atoms with Crippen LogP contribution in [0.25, 0.3) is 0 Å². The van der Waals surface area contributed by atoms with Crippen molar-refractivity contribution >= 4 is 27.7 Å². The molecule has 0 aromatic carbocycles. The molecule has 0 spiro atoms. The number of thioether (sulfide) groups is 1. The number of rotatable bonds is 1. The molecule has 2 aliphatic heterocycles. The molecule has 0 radical (unpaired) electrons. The van der Waals surface area contributed by atoms with E-state index in [2.05, 4.69) is 34.6 Å². The van der Waals surface area contributed by atoms with Gasteiger partial charge in [0.15, 0.2) is 0 Å². The summed E-state index contributed by atoms with van der Waals surface area (Å²) in [6, 6.07) is 0. The standard InChI is InChI=1S/C9H15BrOS/c1-6-9(8(10)4-11-6)7-2-3-12-5-7/h6-9H,2-5H2,1H3. The lowest BCUT2D eigenvalue weighted by Crippen LogP contribution is -2.27. The van der Waals surface area contributed by atoms with Crippen LogP contribution in [0.15, 0.2) is 0 Å². The van der Waals surface area contributed by atoms with Crippen LogP contribution in [-0.2, 0) is 4.74 Å². The van der Waals surface area contributed by atoms with Crippen LogP contribution in [0.3, 0.4) is 0 Å². The molecule has 0 aliphatic carbocycles. The Morgan fingerprint density at radius 3 is 2.83 bits per heavy atom. The van der Waals surface area contributed by atoms with E-state index in [-0.39, 0.29) is 0 Å². The molecule has 0 aromatic rings. The molecule has 0 saturated carbocycles. The van der Waals surface area contributed by atoms with Gasteiger partial charge in [-0.2, -0.15) is 11.8 Å². The van der Waals surface area contributed by atoms with E-state index in [0.717, 1.165) is 18.4 Å². The van der Waals surface area contributed by atoms with Gasteiger partial charge in [0.2, 0.25) is 0 Å². The van der Waals surface area contributed by atoms with E-state index < -0.39 is 0 Å². The van der Waals surface area contributed by atoms with Crippen molar-refractivity contribution in [1.29, 1.82) is 0 Å². The monoisotopic (exact) mass is 250 g/mol. The van der Waals surface area contributed by atoms with Crippen molar-refractivity contribution in [2.45, 2.75) is 24.3 Å². The van der Waals surface area contributed by atoms with Crippen LogP contribution < -0.4 is 0 Å². The Bertz CT molecular complexity index is 149. The molecule has 1 nitrogen and oxygen atoms in total. The molecular weight excluding hydrogens is 236 g/mol. The number of hydrogen-bond donors (Lipinski definition) is 0. The Morgan fingerprint density at radius 1 is 1.50 bits per heavy atom. The topological polar surface area (TPSA) is 9.23 Å². The highest BCUT2D eigenvalue weighted by molar-refractivity contribution is 9.09. The Morgan fingerprint density at radius 2 is 2.33 bits per heavy atom. The number of hydrogen-bond acceptors (Lipinski definition) is 2. The Kier molecular flexibility index (Phi) is 3.03. The first-order valence-corrected chi connectivity index (χ1v) is 6.69. The van der Waals surface area contributed by atoms with Crippen molar-refractivity contribution in [1.82, 2.24) is 0 Å². The van der Waals surface area contributed by atoms with Crippen molar-refractivity contribution in [3.63, 3.8) is 0 Å². The summed E-state index contributed by atoms with van der Waals surface area (Å²) in [5.74, 6) is 4.37. The second kappa shape index (κ2) is 3.89. The van der Waals surface area contributed by atoms with E-state index in [1.54, 1.807) is 0 Å². The molecule has 3 heteroatoms. The highest BCUT2D eigenvalue weighted by atomic mass is 79.9. The fraction of sp³-hybridized carbons (Fsp3) is 1.00. The Balaban J connectivity index is 1.99. The molecule has 0 bridgehead atoms. The normalized spacial score (nSPS) is 48.5. The maximum Gasteiger partial charge on any atom is 0.0598 e. The van der Waals surface area contributed by atoms with Crippen LogP contribution >= 0.6 is 27.7 Å². The van der Waals surface area contributed by atoms with E-state index in [9.17, 15) is 0 Å². The minimum Gasteiger partial charge on any atom is -0.377 e. The molecule has 0 aromatic heterocycles. The molecule has 4 unspecified atom stereocenters. The summed E-state index contributed by atoms with van der Waals surface area (Å²) in [6.45, 7) is 3.13. The summed E-state index contributed by atoms with van der Waals surface area (Å²) in [6.07, 6.45) is 1.86. The zero-order valence-electron chi connectivity index (χ0n) is 7.33. The lowest BCUT2D eigenvalue weighted by molar-refractivity contribution is 0.0932. The van der Waals surface area contributed by atoms with Gasteiger partial charge in [-0.05, 0) is 30.8 Å². The van der Waals surface area contributed by atoms with Gasteiger partial charge in [0.1, 0.15) is 0 Å². The summed E-state index contributed by atoms with van der Waals surface area (Å²) in [4.78, 5) is 0.608. The second-order valence-corrected chi connectivity index (χ2v) is 6.08. The summed E-state index contributed by atoms with van der Waals surface area (Å²) < 4.78 is 5.63. The summed E-state index contributed by atoms with van der Waals surface area (Å²) in [5, 5.41) is 0. The first-order valence-electron chi connectivity index (χ1n) is 4.62. The quantitative estimate of drug-likeness (QED) is 0.662. The predicted molar refractivity (Wildman–Crippen MR) is 57.1 cm³/mol. The first kappa shape index (κ1) is 9.35. The molecule has 2 saturated heterocycles. The molecule has 70 valence electrons. The minimum absolute atomic E-state index is 0.470. The smallest absolute Gasteiger partial charge is 0.0598 e. The largest absolute Gasteiger partial charge is 0.377 e. The summed E-state index contributed by atoms with van der Waals surface area (Å²) >= 11 is 5.82. The van der Waals surface area contributed by atoms with Crippen molar-refractivity contribution in [2.24, 2.45) is 11.8 Å². The lowest BCUT2D eigenvalue weighted by atomic mass is 9.87. The Labute approximate surface area is 86.8 Å². The van der Waals surface area contributed by atoms with E-state index in [1.165, 1.54) is 17.9 Å². The molecule has 0 N–H and O–H groups in total. The summed E-state index contributed by atoms with van der Waals surface area (Å²) in [7, 11) is 0. The van der Waals surface area contributed by atoms with E-state index in [4.69, 9.17) is 4.74 Å². The van der Waals surface area contributed by atoms with Crippen molar-refractivity contribution in [3.05, 3.63) is 0 Å². The van der Waals surface area contributed by atoms with Gasteiger partial charge in [0.25, 0.3) is 0 Å². The maximum absolute atomic E-state index is 5.63. The van der Waals surface area contributed by atoms with Gasteiger partial charge < -0.3 is 4.74 Å². The van der Waals surface area contributed by atoms with Gasteiger partial charge in [-0.25, -0.2) is 0 Å². The summed E-state index contributed by atoms with van der Waals surface area (Å²) in [5.41, 5.74) is 0. The van der Waals surface area contributed by atoms with Gasteiger partial charge in [0.05, 0.1) is 12.7 Å². The van der Waals surface area contributed by atoms with Gasteiger partial charge >= 0.3 is 0 Å². The highest BCUT2D eigenvalue weighted by Crippen LogP contribution is 2.39. The fourth-order valence-corrected chi connectivity index (χ4v) is 4.64. The van der Waals surface area contributed by atoms with Crippen LogP contribution in [0.4, 0.5) is 0 Å². The molecular formula is C9H15BrOS. The predicted octanol–water partition coefficient (Wildman–Crippen LogP) is 2.54. The number of alkyl halides is 1. The van der Waals surface area contributed by atoms with Gasteiger partial charge in [0, 0.05) is 10.7 Å². The number of halogens is 1. The van der Waals surface area contributed by atoms with Crippen LogP contribution in [0.5, 0.6) is 0 Å². The van der Waals surface area contributed by atoms with E-state index in [1.807, 2.05) is 0 Å². The lowest BCUT2D eigenvalue weighted by Gasteiger charge is -2.22. The van der Waals surface area contributed by atoms with Gasteiger partial charge in [-0.3, -0.25) is 0 Å². The third-order valence-electron chi connectivity index (χ3n) is 2.99. The Hall–Kier alpha value is 0.790. The average Bonchev–Trinajstić information content (AvgIpc) is 2.61. The highest BCUT2D eigenvalue weighted by Gasteiger charge is 2.39. The zero-order chi connectivity index (χ0) is 8.55. The van der Waals surface area contributed by atoms with Gasteiger partial charge in [-0.1, -0.05) is 15.9 Å². The number of ether oxygens (including phenoxy) is 1. The van der Waals surface area contributed by atoms with Crippen LogP contribution in [-0.4, -0.2) is 29.0 Å². The SMILES string of the molecule is CC1OCC(Br)C1C1CCSC1. The van der Waals surface area contributed by atoms with Crippen LogP contribution in [0.2, 0.25) is 0 Å². The van der Waals surface area contributed by atoms with Crippen molar-refractivity contribution in [3.8, 4) is 0 Å². The molecule has 12 heavy (non-hydrogen) atoms. The first-order chi connectivity index (χ1) is 5.79. The molecule has 4 atom stereocenters. The second-order valence-electron chi connectivity index (χ2n) is 3.76. The maximum atomic E-state index is 5.63. The van der Waals surface area contributed by atoms with Crippen molar-refractivity contribution in [2.75, 3.05) is 18.1 Å². The van der Waals surface area contributed by atoms with Crippen LogP contribution in [0.1, 0.15) is 13.3 Å². The van der Waals surface area contributed by atoms with Crippen LogP contribution in [0, 0.1) is 11.8 Å².